The molecule has 4 rings (SSSR count). The molecule has 1 saturated heterocycles. The summed E-state index contributed by atoms with van der Waals surface area (Å²) in [4.78, 5) is 39.4. The second-order valence-corrected chi connectivity index (χ2v) is 10.8. The predicted octanol–water partition coefficient (Wildman–Crippen LogP) is 6.85. The lowest BCUT2D eigenvalue weighted by atomic mass is 10.1. The standard InChI is InChI=1S/C28H24BrClN2O5S/c1-17-7-8-18(2)22(13-17)31-26(33)16-37-23-10-9-20(29)14-19(23)15-25-27(34)32(28(35)38-25)11-12-36-24-6-4-3-5-21(24)30/h3-10,13-15H,11-12,16H2,1-2H3,(H,31,33)/b25-15-. The number of rotatable bonds is 9. The lowest BCUT2D eigenvalue weighted by molar-refractivity contribution is -0.123. The number of amides is 3. The van der Waals surface area contributed by atoms with Crippen molar-refractivity contribution in [3.8, 4) is 11.5 Å². The molecule has 1 fully saturated rings. The van der Waals surface area contributed by atoms with Gasteiger partial charge in [-0.05, 0) is 79.2 Å². The van der Waals surface area contributed by atoms with Crippen LogP contribution in [0.25, 0.3) is 6.08 Å². The number of hydrogen-bond acceptors (Lipinski definition) is 6. The normalized spacial score (nSPS) is 14.2. The first-order chi connectivity index (χ1) is 18.2. The van der Waals surface area contributed by atoms with E-state index in [2.05, 4.69) is 21.2 Å². The molecule has 1 heterocycles. The van der Waals surface area contributed by atoms with Crippen LogP contribution in [0.4, 0.5) is 10.5 Å². The first-order valence-electron chi connectivity index (χ1n) is 11.6. The molecule has 3 aromatic rings. The summed E-state index contributed by atoms with van der Waals surface area (Å²) in [6.45, 7) is 3.83. The molecule has 3 aromatic carbocycles. The van der Waals surface area contributed by atoms with Crippen molar-refractivity contribution in [2.45, 2.75) is 13.8 Å². The molecule has 3 amide bonds. The van der Waals surface area contributed by atoms with Gasteiger partial charge in [-0.2, -0.15) is 0 Å². The van der Waals surface area contributed by atoms with Crippen LogP contribution in [-0.4, -0.2) is 41.7 Å². The molecule has 1 N–H and O–H groups in total. The zero-order chi connectivity index (χ0) is 27.2. The van der Waals surface area contributed by atoms with Crippen molar-refractivity contribution in [1.82, 2.24) is 4.90 Å². The number of carbonyl (C=O) groups is 3. The molecule has 1 aliphatic rings. The van der Waals surface area contributed by atoms with Crippen LogP contribution in [0.5, 0.6) is 11.5 Å². The van der Waals surface area contributed by atoms with E-state index in [-0.39, 0.29) is 30.6 Å². The Morgan fingerprint density at radius 3 is 2.63 bits per heavy atom. The number of carbonyl (C=O) groups excluding carboxylic acids is 3. The summed E-state index contributed by atoms with van der Waals surface area (Å²) in [5.74, 6) is 0.139. The molecular formula is C28H24BrClN2O5S. The van der Waals surface area contributed by atoms with E-state index in [1.165, 1.54) is 0 Å². The van der Waals surface area contributed by atoms with E-state index >= 15 is 0 Å². The number of imide groups is 1. The summed E-state index contributed by atoms with van der Waals surface area (Å²) in [6, 6.07) is 18.0. The number of hydrogen-bond donors (Lipinski definition) is 1. The van der Waals surface area contributed by atoms with Gasteiger partial charge in [0, 0.05) is 15.7 Å². The topological polar surface area (TPSA) is 84.9 Å². The van der Waals surface area contributed by atoms with Gasteiger partial charge in [0.1, 0.15) is 18.1 Å². The number of para-hydroxylation sites is 1. The van der Waals surface area contributed by atoms with E-state index in [0.29, 0.717) is 22.1 Å². The van der Waals surface area contributed by atoms with Crippen molar-refractivity contribution in [3.63, 3.8) is 0 Å². The minimum absolute atomic E-state index is 0.0770. The molecule has 38 heavy (non-hydrogen) atoms. The van der Waals surface area contributed by atoms with E-state index in [0.717, 1.165) is 37.9 Å². The number of benzene rings is 3. The average molecular weight is 616 g/mol. The van der Waals surface area contributed by atoms with Gasteiger partial charge in [0.05, 0.1) is 16.5 Å². The zero-order valence-corrected chi connectivity index (χ0v) is 23.8. The van der Waals surface area contributed by atoms with Crippen molar-refractivity contribution in [3.05, 3.63) is 91.8 Å². The highest BCUT2D eigenvalue weighted by atomic mass is 79.9. The van der Waals surface area contributed by atoms with Gasteiger partial charge in [-0.1, -0.05) is 51.8 Å². The van der Waals surface area contributed by atoms with Crippen LogP contribution in [0.3, 0.4) is 0 Å². The minimum atomic E-state index is -0.429. The average Bonchev–Trinajstić information content (AvgIpc) is 3.14. The fraction of sp³-hybridized carbons (Fsp3) is 0.179. The largest absolute Gasteiger partial charge is 0.490 e. The first kappa shape index (κ1) is 27.8. The zero-order valence-electron chi connectivity index (χ0n) is 20.6. The summed E-state index contributed by atoms with van der Waals surface area (Å²) in [5, 5.41) is 2.92. The third-order valence-corrected chi connectivity index (χ3v) is 7.28. The van der Waals surface area contributed by atoms with Gasteiger partial charge >= 0.3 is 0 Å². The van der Waals surface area contributed by atoms with E-state index in [1.54, 1.807) is 48.5 Å². The predicted molar refractivity (Wildman–Crippen MR) is 154 cm³/mol. The SMILES string of the molecule is Cc1ccc(C)c(NC(=O)COc2ccc(Br)cc2/C=C2\SC(=O)N(CCOc3ccccc3Cl)C2=O)c1. The van der Waals surface area contributed by atoms with Gasteiger partial charge in [0.15, 0.2) is 6.61 Å². The van der Waals surface area contributed by atoms with E-state index in [4.69, 9.17) is 21.1 Å². The summed E-state index contributed by atoms with van der Waals surface area (Å²) < 4.78 is 12.2. The molecule has 0 bridgehead atoms. The molecule has 196 valence electrons. The second-order valence-electron chi connectivity index (χ2n) is 8.45. The number of nitrogens with zero attached hydrogens (tertiary/aromatic N) is 1. The van der Waals surface area contributed by atoms with Gasteiger partial charge in [-0.15, -0.1) is 0 Å². The Morgan fingerprint density at radius 2 is 1.84 bits per heavy atom. The van der Waals surface area contributed by atoms with Crippen molar-refractivity contribution in [2.75, 3.05) is 25.1 Å². The summed E-state index contributed by atoms with van der Waals surface area (Å²) >= 11 is 10.4. The number of aryl methyl sites for hydroxylation is 2. The van der Waals surface area contributed by atoms with Crippen LogP contribution in [0.15, 0.2) is 70.0 Å². The second kappa shape index (κ2) is 12.5. The van der Waals surface area contributed by atoms with Crippen LogP contribution < -0.4 is 14.8 Å². The molecule has 0 spiro atoms. The Bertz CT molecular complexity index is 1430. The number of nitrogens with one attached hydrogen (secondary N) is 1. The van der Waals surface area contributed by atoms with Gasteiger partial charge in [-0.25, -0.2) is 0 Å². The first-order valence-corrected chi connectivity index (χ1v) is 13.6. The lowest BCUT2D eigenvalue weighted by Gasteiger charge is -2.14. The number of ether oxygens (including phenoxy) is 2. The molecule has 0 unspecified atom stereocenters. The molecule has 0 atom stereocenters. The Balaban J connectivity index is 1.42. The lowest BCUT2D eigenvalue weighted by Crippen LogP contribution is -2.32. The van der Waals surface area contributed by atoms with E-state index in [1.807, 2.05) is 32.0 Å². The third-order valence-electron chi connectivity index (χ3n) is 5.57. The Labute approximate surface area is 238 Å². The maximum absolute atomic E-state index is 13.0. The highest BCUT2D eigenvalue weighted by Gasteiger charge is 2.35. The fourth-order valence-electron chi connectivity index (χ4n) is 3.61. The van der Waals surface area contributed by atoms with Crippen molar-refractivity contribution in [1.29, 1.82) is 0 Å². The van der Waals surface area contributed by atoms with Crippen LogP contribution in [0, 0.1) is 13.8 Å². The minimum Gasteiger partial charge on any atom is -0.490 e. The maximum atomic E-state index is 13.0. The summed E-state index contributed by atoms with van der Waals surface area (Å²) in [7, 11) is 0. The van der Waals surface area contributed by atoms with Crippen LogP contribution in [0.1, 0.15) is 16.7 Å². The van der Waals surface area contributed by atoms with Gasteiger partial charge < -0.3 is 14.8 Å². The smallest absolute Gasteiger partial charge is 0.293 e. The van der Waals surface area contributed by atoms with E-state index in [9.17, 15) is 14.4 Å². The summed E-state index contributed by atoms with van der Waals surface area (Å²) in [5.41, 5.74) is 3.26. The highest BCUT2D eigenvalue weighted by Crippen LogP contribution is 2.35. The van der Waals surface area contributed by atoms with Crippen LogP contribution in [-0.2, 0) is 9.59 Å². The van der Waals surface area contributed by atoms with Crippen LogP contribution >= 0.6 is 39.3 Å². The van der Waals surface area contributed by atoms with Gasteiger partial charge in [0.25, 0.3) is 17.1 Å². The molecule has 0 aliphatic carbocycles. The quantitative estimate of drug-likeness (QED) is 0.265. The van der Waals surface area contributed by atoms with Gasteiger partial charge in [-0.3, -0.25) is 19.3 Å². The fourth-order valence-corrected chi connectivity index (χ4v) is 5.03. The molecule has 1 aliphatic heterocycles. The summed E-state index contributed by atoms with van der Waals surface area (Å²) in [6.07, 6.45) is 1.59. The number of thioether (sulfide) groups is 1. The molecular weight excluding hydrogens is 592 g/mol. The monoisotopic (exact) mass is 614 g/mol. The van der Waals surface area contributed by atoms with Crippen molar-refractivity contribution >= 4 is 68.1 Å². The van der Waals surface area contributed by atoms with Crippen molar-refractivity contribution in [2.24, 2.45) is 0 Å². The molecule has 10 heteroatoms. The van der Waals surface area contributed by atoms with Crippen LogP contribution in [0.2, 0.25) is 5.02 Å². The third kappa shape index (κ3) is 6.98. The molecule has 7 nitrogen and oxygen atoms in total. The Hall–Kier alpha value is -3.27. The van der Waals surface area contributed by atoms with Crippen molar-refractivity contribution < 1.29 is 23.9 Å². The highest BCUT2D eigenvalue weighted by molar-refractivity contribution is 9.10. The Kier molecular flexibility index (Phi) is 9.14. The molecule has 0 aromatic heterocycles. The van der Waals surface area contributed by atoms with E-state index < -0.39 is 11.1 Å². The Morgan fingerprint density at radius 1 is 1.05 bits per heavy atom. The van der Waals surface area contributed by atoms with Gasteiger partial charge in [0.2, 0.25) is 0 Å². The maximum Gasteiger partial charge on any atom is 0.293 e. The molecule has 0 saturated carbocycles. The number of anilines is 1. The molecule has 0 radical (unpaired) electrons. The number of halogens is 2.